The van der Waals surface area contributed by atoms with Crippen molar-refractivity contribution in [3.8, 4) is 11.4 Å². The lowest BCUT2D eigenvalue weighted by Crippen LogP contribution is -2.33. The number of para-hydroxylation sites is 1. The summed E-state index contributed by atoms with van der Waals surface area (Å²) >= 11 is 0. The zero-order valence-electron chi connectivity index (χ0n) is 15.0. The van der Waals surface area contributed by atoms with Crippen molar-refractivity contribution in [2.45, 2.75) is 25.4 Å². The van der Waals surface area contributed by atoms with E-state index in [-0.39, 0.29) is 23.5 Å². The molecule has 1 aliphatic rings. The van der Waals surface area contributed by atoms with E-state index in [1.165, 1.54) is 19.2 Å². The van der Waals surface area contributed by atoms with Crippen molar-refractivity contribution in [2.75, 3.05) is 7.11 Å². The lowest BCUT2D eigenvalue weighted by molar-refractivity contribution is 0.0720. The minimum atomic E-state index is -0.304. The number of hydrogen-bond acceptors (Lipinski definition) is 3. The van der Waals surface area contributed by atoms with E-state index in [4.69, 9.17) is 4.74 Å². The third-order valence-corrected chi connectivity index (χ3v) is 4.61. The van der Waals surface area contributed by atoms with Crippen molar-refractivity contribution in [3.05, 3.63) is 77.9 Å². The summed E-state index contributed by atoms with van der Waals surface area (Å²) in [5.74, 6) is -0.0799. The van der Waals surface area contributed by atoms with Gasteiger partial charge in [-0.3, -0.25) is 4.79 Å². The number of methoxy groups -OCH3 is 1. The van der Waals surface area contributed by atoms with Crippen LogP contribution >= 0.6 is 0 Å². The number of aromatic nitrogens is 2. The average Bonchev–Trinajstić information content (AvgIpc) is 3.44. The van der Waals surface area contributed by atoms with Crippen LogP contribution in [0, 0.1) is 5.82 Å². The summed E-state index contributed by atoms with van der Waals surface area (Å²) in [7, 11) is 1.52. The van der Waals surface area contributed by atoms with Crippen LogP contribution in [0.4, 0.5) is 4.39 Å². The zero-order valence-corrected chi connectivity index (χ0v) is 15.0. The predicted octanol–water partition coefficient (Wildman–Crippen LogP) is 3.82. The smallest absolute Gasteiger partial charge is 0.278 e. The Hall–Kier alpha value is -3.15. The van der Waals surface area contributed by atoms with Gasteiger partial charge in [-0.15, -0.1) is 0 Å². The molecule has 1 fully saturated rings. The van der Waals surface area contributed by atoms with E-state index < -0.39 is 0 Å². The molecule has 0 spiro atoms. The summed E-state index contributed by atoms with van der Waals surface area (Å²) in [5.41, 5.74) is 1.87. The van der Waals surface area contributed by atoms with Crippen molar-refractivity contribution >= 4 is 5.91 Å². The fourth-order valence-corrected chi connectivity index (χ4v) is 3.09. The van der Waals surface area contributed by atoms with E-state index in [0.717, 1.165) is 24.1 Å². The first-order valence-electron chi connectivity index (χ1n) is 8.90. The van der Waals surface area contributed by atoms with Crippen molar-refractivity contribution < 1.29 is 13.9 Å². The van der Waals surface area contributed by atoms with Crippen molar-refractivity contribution in [2.24, 2.45) is 0 Å². The summed E-state index contributed by atoms with van der Waals surface area (Å²) < 4.78 is 20.6. The maximum Gasteiger partial charge on any atom is 0.278 e. The molecular formula is C21H20FN3O2. The van der Waals surface area contributed by atoms with Crippen molar-refractivity contribution in [1.29, 1.82) is 0 Å². The Morgan fingerprint density at radius 2 is 2.00 bits per heavy atom. The quantitative estimate of drug-likeness (QED) is 0.667. The number of rotatable bonds is 6. The number of amides is 1. The van der Waals surface area contributed by atoms with Gasteiger partial charge in [-0.25, -0.2) is 9.07 Å². The molecule has 1 aromatic heterocycles. The Kier molecular flexibility index (Phi) is 4.62. The second kappa shape index (κ2) is 7.23. The van der Waals surface area contributed by atoms with Crippen LogP contribution in [0.2, 0.25) is 0 Å². The molecule has 0 radical (unpaired) electrons. The van der Waals surface area contributed by atoms with Gasteiger partial charge in [0.1, 0.15) is 5.82 Å². The van der Waals surface area contributed by atoms with Gasteiger partial charge >= 0.3 is 0 Å². The molecular weight excluding hydrogens is 345 g/mol. The van der Waals surface area contributed by atoms with Crippen LogP contribution in [-0.4, -0.2) is 33.7 Å². The third kappa shape index (κ3) is 3.69. The SMILES string of the molecule is COc1cn(-c2ccccc2)nc1C(=O)N(Cc1cccc(F)c1)C1CC1. The van der Waals surface area contributed by atoms with Crippen LogP contribution in [0.5, 0.6) is 5.75 Å². The molecule has 27 heavy (non-hydrogen) atoms. The molecule has 0 unspecified atom stereocenters. The summed E-state index contributed by atoms with van der Waals surface area (Å²) in [6, 6.07) is 16.1. The predicted molar refractivity (Wildman–Crippen MR) is 99.4 cm³/mol. The molecule has 0 aliphatic heterocycles. The van der Waals surface area contributed by atoms with Crippen molar-refractivity contribution in [1.82, 2.24) is 14.7 Å². The van der Waals surface area contributed by atoms with Crippen LogP contribution in [0.25, 0.3) is 5.69 Å². The topological polar surface area (TPSA) is 47.4 Å². The van der Waals surface area contributed by atoms with Crippen molar-refractivity contribution in [3.63, 3.8) is 0 Å². The number of carbonyl (C=O) groups excluding carboxylic acids is 1. The number of halogens is 1. The zero-order chi connectivity index (χ0) is 18.8. The molecule has 0 N–H and O–H groups in total. The summed E-state index contributed by atoms with van der Waals surface area (Å²) in [4.78, 5) is 15.0. The molecule has 138 valence electrons. The molecule has 0 atom stereocenters. The number of hydrogen-bond donors (Lipinski definition) is 0. The van der Waals surface area contributed by atoms with Gasteiger partial charge < -0.3 is 9.64 Å². The molecule has 0 bridgehead atoms. The monoisotopic (exact) mass is 365 g/mol. The van der Waals surface area contributed by atoms with Gasteiger partial charge in [0.25, 0.3) is 5.91 Å². The molecule has 0 saturated heterocycles. The van der Waals surface area contributed by atoms with E-state index in [9.17, 15) is 9.18 Å². The summed E-state index contributed by atoms with van der Waals surface area (Å²) in [6.45, 7) is 0.350. The van der Waals surface area contributed by atoms with Crippen LogP contribution in [0.3, 0.4) is 0 Å². The number of carbonyl (C=O) groups is 1. The Bertz CT molecular complexity index is 951. The highest BCUT2D eigenvalue weighted by atomic mass is 19.1. The minimum absolute atomic E-state index is 0.160. The molecule has 1 saturated carbocycles. The Labute approximate surface area is 157 Å². The van der Waals surface area contributed by atoms with Gasteiger partial charge in [-0.05, 0) is 42.7 Å². The molecule has 6 heteroatoms. The highest BCUT2D eigenvalue weighted by Gasteiger charge is 2.35. The van der Waals surface area contributed by atoms with Gasteiger partial charge in [0.2, 0.25) is 0 Å². The first kappa shape index (κ1) is 17.3. The largest absolute Gasteiger partial charge is 0.493 e. The van der Waals surface area contributed by atoms with E-state index in [1.807, 2.05) is 36.4 Å². The van der Waals surface area contributed by atoms with Gasteiger partial charge in [-0.1, -0.05) is 30.3 Å². The summed E-state index contributed by atoms with van der Waals surface area (Å²) in [6.07, 6.45) is 3.60. The van der Waals surface area contributed by atoms with E-state index in [2.05, 4.69) is 5.10 Å². The van der Waals surface area contributed by atoms with Crippen LogP contribution < -0.4 is 4.74 Å². The Morgan fingerprint density at radius 3 is 2.67 bits per heavy atom. The van der Waals surface area contributed by atoms with Crippen LogP contribution in [0.1, 0.15) is 28.9 Å². The second-order valence-corrected chi connectivity index (χ2v) is 6.62. The lowest BCUT2D eigenvalue weighted by atomic mass is 10.2. The lowest BCUT2D eigenvalue weighted by Gasteiger charge is -2.22. The molecule has 1 heterocycles. The Morgan fingerprint density at radius 1 is 1.22 bits per heavy atom. The Balaban J connectivity index is 1.64. The first-order chi connectivity index (χ1) is 13.2. The minimum Gasteiger partial charge on any atom is -0.493 e. The van der Waals surface area contributed by atoms with Gasteiger partial charge in [0.15, 0.2) is 11.4 Å². The number of ether oxygens (including phenoxy) is 1. The normalized spacial score (nSPS) is 13.4. The highest BCUT2D eigenvalue weighted by Crippen LogP contribution is 2.31. The van der Waals surface area contributed by atoms with E-state index in [0.29, 0.717) is 12.3 Å². The third-order valence-electron chi connectivity index (χ3n) is 4.61. The van der Waals surface area contributed by atoms with Crippen LogP contribution in [0.15, 0.2) is 60.8 Å². The fourth-order valence-electron chi connectivity index (χ4n) is 3.09. The van der Waals surface area contributed by atoms with E-state index in [1.54, 1.807) is 21.8 Å². The molecule has 1 amide bonds. The van der Waals surface area contributed by atoms with Gasteiger partial charge in [-0.2, -0.15) is 5.10 Å². The molecule has 1 aliphatic carbocycles. The van der Waals surface area contributed by atoms with E-state index >= 15 is 0 Å². The van der Waals surface area contributed by atoms with Gasteiger partial charge in [0.05, 0.1) is 19.0 Å². The highest BCUT2D eigenvalue weighted by molar-refractivity contribution is 5.95. The standard InChI is InChI=1S/C21H20FN3O2/c1-27-19-14-25(18-8-3-2-4-9-18)23-20(19)21(26)24(17-10-11-17)13-15-6-5-7-16(22)12-15/h2-9,12,14,17H,10-11,13H2,1H3. The average molecular weight is 365 g/mol. The summed E-state index contributed by atoms with van der Waals surface area (Å²) in [5, 5.41) is 4.47. The van der Waals surface area contributed by atoms with Crippen LogP contribution in [-0.2, 0) is 6.54 Å². The van der Waals surface area contributed by atoms with Gasteiger partial charge in [0, 0.05) is 12.6 Å². The number of benzene rings is 2. The molecule has 2 aromatic carbocycles. The second-order valence-electron chi connectivity index (χ2n) is 6.62. The fraction of sp³-hybridized carbons (Fsp3) is 0.238. The molecule has 3 aromatic rings. The molecule has 5 nitrogen and oxygen atoms in total. The molecule has 4 rings (SSSR count). The maximum atomic E-state index is 13.5. The first-order valence-corrected chi connectivity index (χ1v) is 8.90. The maximum absolute atomic E-state index is 13.5. The number of nitrogens with zero attached hydrogens (tertiary/aromatic N) is 3.